The second-order valence-electron chi connectivity index (χ2n) is 6.85. The molecule has 0 radical (unpaired) electrons. The quantitative estimate of drug-likeness (QED) is 0.457. The molecular formula is C24H18ClNO3. The summed E-state index contributed by atoms with van der Waals surface area (Å²) in [6.07, 6.45) is 0.101. The fourth-order valence-electron chi connectivity index (χ4n) is 3.57. The van der Waals surface area contributed by atoms with Crippen LogP contribution >= 0.6 is 11.6 Å². The second kappa shape index (κ2) is 7.94. The third-order valence-corrected chi connectivity index (χ3v) is 5.35. The van der Waals surface area contributed by atoms with E-state index in [1.807, 2.05) is 54.6 Å². The van der Waals surface area contributed by atoms with Crippen LogP contribution in [0.5, 0.6) is 0 Å². The largest absolute Gasteiger partial charge is 0.480 e. The average Bonchev–Trinajstić information content (AvgIpc) is 2.72. The molecule has 144 valence electrons. The number of carbonyl (C=O) groups is 2. The number of carboxylic acid groups (broad SMARTS) is 1. The topological polar surface area (TPSA) is 66.4 Å². The number of carboxylic acids is 1. The van der Waals surface area contributed by atoms with Crippen LogP contribution in [0.4, 0.5) is 0 Å². The van der Waals surface area contributed by atoms with Gasteiger partial charge in [0.25, 0.3) is 5.91 Å². The molecule has 0 spiro atoms. The van der Waals surface area contributed by atoms with Gasteiger partial charge in [0.1, 0.15) is 6.04 Å². The van der Waals surface area contributed by atoms with Crippen LogP contribution in [0.25, 0.3) is 21.5 Å². The fourth-order valence-corrected chi connectivity index (χ4v) is 3.79. The molecule has 0 unspecified atom stereocenters. The van der Waals surface area contributed by atoms with Crippen molar-refractivity contribution in [2.24, 2.45) is 0 Å². The van der Waals surface area contributed by atoms with E-state index in [-0.39, 0.29) is 6.42 Å². The summed E-state index contributed by atoms with van der Waals surface area (Å²) in [7, 11) is 0. The summed E-state index contributed by atoms with van der Waals surface area (Å²) in [5, 5.41) is 16.3. The first-order chi connectivity index (χ1) is 14.0. The van der Waals surface area contributed by atoms with Gasteiger partial charge in [-0.05, 0) is 39.2 Å². The number of hydrogen-bond acceptors (Lipinski definition) is 2. The van der Waals surface area contributed by atoms with Crippen molar-refractivity contribution in [1.82, 2.24) is 5.32 Å². The van der Waals surface area contributed by atoms with E-state index in [0.717, 1.165) is 21.5 Å². The lowest BCUT2D eigenvalue weighted by molar-refractivity contribution is -0.139. The molecule has 0 saturated heterocycles. The number of rotatable bonds is 5. The SMILES string of the molecule is O=C(N[C@@H](Cc1ccccc1Cl)C(=O)O)c1c2ccccc2cc2ccccc12. The van der Waals surface area contributed by atoms with E-state index in [1.54, 1.807) is 24.3 Å². The van der Waals surface area contributed by atoms with Gasteiger partial charge in [0, 0.05) is 11.4 Å². The molecule has 0 saturated carbocycles. The first-order valence-electron chi connectivity index (χ1n) is 9.22. The summed E-state index contributed by atoms with van der Waals surface area (Å²) in [4.78, 5) is 25.1. The molecule has 0 aliphatic carbocycles. The summed E-state index contributed by atoms with van der Waals surface area (Å²) in [6, 6.07) is 23.2. The minimum Gasteiger partial charge on any atom is -0.480 e. The van der Waals surface area contributed by atoms with Crippen LogP contribution < -0.4 is 5.32 Å². The highest BCUT2D eigenvalue weighted by molar-refractivity contribution is 6.31. The molecule has 4 nitrogen and oxygen atoms in total. The van der Waals surface area contributed by atoms with Crippen molar-refractivity contribution in [3.63, 3.8) is 0 Å². The number of nitrogens with one attached hydrogen (secondary N) is 1. The zero-order valence-corrected chi connectivity index (χ0v) is 16.2. The van der Waals surface area contributed by atoms with Gasteiger partial charge in [-0.25, -0.2) is 4.79 Å². The summed E-state index contributed by atoms with van der Waals surface area (Å²) in [5.41, 5.74) is 1.15. The third-order valence-electron chi connectivity index (χ3n) is 4.98. The maximum atomic E-state index is 13.3. The average molecular weight is 404 g/mol. The van der Waals surface area contributed by atoms with Crippen LogP contribution in [0.1, 0.15) is 15.9 Å². The highest BCUT2D eigenvalue weighted by Crippen LogP contribution is 2.28. The predicted molar refractivity (Wildman–Crippen MR) is 116 cm³/mol. The summed E-state index contributed by atoms with van der Waals surface area (Å²) in [5.74, 6) is -1.53. The maximum Gasteiger partial charge on any atom is 0.326 e. The highest BCUT2D eigenvalue weighted by Gasteiger charge is 2.24. The van der Waals surface area contributed by atoms with Gasteiger partial charge in [-0.1, -0.05) is 78.3 Å². The first-order valence-corrected chi connectivity index (χ1v) is 9.60. The van der Waals surface area contributed by atoms with E-state index < -0.39 is 17.9 Å². The molecule has 29 heavy (non-hydrogen) atoms. The molecule has 0 bridgehead atoms. The van der Waals surface area contributed by atoms with E-state index in [2.05, 4.69) is 5.32 Å². The zero-order chi connectivity index (χ0) is 20.4. The van der Waals surface area contributed by atoms with Crippen molar-refractivity contribution >= 4 is 45.0 Å². The number of benzene rings is 4. The minimum absolute atomic E-state index is 0.101. The molecule has 1 atom stereocenters. The van der Waals surface area contributed by atoms with Crippen molar-refractivity contribution in [3.05, 3.63) is 95.0 Å². The maximum absolute atomic E-state index is 13.3. The van der Waals surface area contributed by atoms with E-state index in [1.165, 1.54) is 0 Å². The monoisotopic (exact) mass is 403 g/mol. The Bertz CT molecular complexity index is 1180. The molecule has 4 rings (SSSR count). The summed E-state index contributed by atoms with van der Waals surface area (Å²) < 4.78 is 0. The Balaban J connectivity index is 1.75. The van der Waals surface area contributed by atoms with Gasteiger partial charge in [0.05, 0.1) is 5.56 Å². The van der Waals surface area contributed by atoms with E-state index in [9.17, 15) is 14.7 Å². The molecule has 0 aliphatic rings. The first kappa shape index (κ1) is 19.0. The molecule has 0 aromatic heterocycles. The van der Waals surface area contributed by atoms with Gasteiger partial charge in [0.15, 0.2) is 0 Å². The Morgan fingerprint density at radius 2 is 1.41 bits per heavy atom. The second-order valence-corrected chi connectivity index (χ2v) is 7.26. The van der Waals surface area contributed by atoms with Crippen molar-refractivity contribution < 1.29 is 14.7 Å². The van der Waals surface area contributed by atoms with E-state index in [4.69, 9.17) is 11.6 Å². The Morgan fingerprint density at radius 3 is 2.00 bits per heavy atom. The number of hydrogen-bond donors (Lipinski definition) is 2. The van der Waals surface area contributed by atoms with Crippen LogP contribution in [0, 0.1) is 0 Å². The van der Waals surface area contributed by atoms with Gasteiger partial charge in [-0.15, -0.1) is 0 Å². The van der Waals surface area contributed by atoms with Gasteiger partial charge in [0.2, 0.25) is 0 Å². The normalized spacial score (nSPS) is 12.0. The van der Waals surface area contributed by atoms with Gasteiger partial charge < -0.3 is 10.4 Å². The van der Waals surface area contributed by atoms with Crippen LogP contribution in [-0.2, 0) is 11.2 Å². The zero-order valence-electron chi connectivity index (χ0n) is 15.4. The molecule has 5 heteroatoms. The highest BCUT2D eigenvalue weighted by atomic mass is 35.5. The smallest absolute Gasteiger partial charge is 0.326 e. The van der Waals surface area contributed by atoms with Gasteiger partial charge in [-0.2, -0.15) is 0 Å². The number of aliphatic carboxylic acids is 1. The van der Waals surface area contributed by atoms with Crippen molar-refractivity contribution in [2.45, 2.75) is 12.5 Å². The number of carbonyl (C=O) groups excluding carboxylic acids is 1. The van der Waals surface area contributed by atoms with E-state index >= 15 is 0 Å². The lowest BCUT2D eigenvalue weighted by Crippen LogP contribution is -2.42. The lowest BCUT2D eigenvalue weighted by atomic mass is 9.96. The molecule has 4 aromatic carbocycles. The third kappa shape index (κ3) is 3.80. The van der Waals surface area contributed by atoms with Crippen molar-refractivity contribution in [2.75, 3.05) is 0 Å². The van der Waals surface area contributed by atoms with E-state index in [0.29, 0.717) is 16.1 Å². The number of amides is 1. The Hall–Kier alpha value is -3.37. The standard InChI is InChI=1S/C24H18ClNO3/c25-20-12-6-3-9-17(20)14-21(24(28)29)26-23(27)22-18-10-4-1-7-15(18)13-16-8-2-5-11-19(16)22/h1-13,21H,14H2,(H,26,27)(H,28,29)/t21-/m0/s1. The fraction of sp³-hybridized carbons (Fsp3) is 0.0833. The van der Waals surface area contributed by atoms with Crippen LogP contribution in [0.2, 0.25) is 5.02 Å². The molecule has 0 fully saturated rings. The molecular weight excluding hydrogens is 386 g/mol. The van der Waals surface area contributed by atoms with Gasteiger partial charge >= 0.3 is 5.97 Å². The Kier molecular flexibility index (Phi) is 5.19. The summed E-state index contributed by atoms with van der Waals surface area (Å²) in [6.45, 7) is 0. The number of fused-ring (bicyclic) bond motifs is 2. The molecule has 0 aliphatic heterocycles. The molecule has 4 aromatic rings. The Morgan fingerprint density at radius 1 is 0.862 bits per heavy atom. The molecule has 1 amide bonds. The Labute approximate surface area is 172 Å². The molecule has 0 heterocycles. The van der Waals surface area contributed by atoms with Crippen LogP contribution in [0.3, 0.4) is 0 Å². The minimum atomic E-state index is -1.11. The number of halogens is 1. The summed E-state index contributed by atoms with van der Waals surface area (Å²) >= 11 is 6.18. The van der Waals surface area contributed by atoms with Crippen LogP contribution in [0.15, 0.2) is 78.9 Å². The van der Waals surface area contributed by atoms with Gasteiger partial charge in [-0.3, -0.25) is 4.79 Å². The van der Waals surface area contributed by atoms with Crippen molar-refractivity contribution in [1.29, 1.82) is 0 Å². The van der Waals surface area contributed by atoms with Crippen LogP contribution in [-0.4, -0.2) is 23.0 Å². The molecule has 2 N–H and O–H groups in total. The predicted octanol–water partition coefficient (Wildman–Crippen LogP) is 5.07. The lowest BCUT2D eigenvalue weighted by Gasteiger charge is -2.17. The van der Waals surface area contributed by atoms with Crippen molar-refractivity contribution in [3.8, 4) is 0 Å².